The molecule has 0 atom stereocenters. The highest BCUT2D eigenvalue weighted by Crippen LogP contribution is 2.32. The maximum Gasteiger partial charge on any atom is 0.144 e. The maximum absolute atomic E-state index is 13.4. The molecule has 0 aliphatic heterocycles. The number of aromatic nitrogens is 2. The largest absolute Gasteiger partial charge is 0.507 e. The van der Waals surface area contributed by atoms with Crippen molar-refractivity contribution >= 4 is 16.7 Å². The van der Waals surface area contributed by atoms with Gasteiger partial charge in [-0.3, -0.25) is 0 Å². The van der Waals surface area contributed by atoms with Crippen molar-refractivity contribution in [1.29, 1.82) is 0 Å². The zero-order valence-corrected chi connectivity index (χ0v) is 11.0. The van der Waals surface area contributed by atoms with Crippen LogP contribution in [0, 0.1) is 5.82 Å². The van der Waals surface area contributed by atoms with Crippen molar-refractivity contribution in [3.05, 3.63) is 42.2 Å². The van der Waals surface area contributed by atoms with E-state index in [1.165, 1.54) is 18.2 Å². The van der Waals surface area contributed by atoms with Crippen molar-refractivity contribution < 1.29 is 9.50 Å². The molecule has 0 amide bonds. The molecule has 0 saturated heterocycles. The van der Waals surface area contributed by atoms with Gasteiger partial charge in [-0.25, -0.2) is 9.37 Å². The third-order valence-corrected chi connectivity index (χ3v) is 3.29. The Bertz CT molecular complexity index is 795. The van der Waals surface area contributed by atoms with Crippen LogP contribution >= 0.6 is 0 Å². The average molecular weight is 271 g/mol. The van der Waals surface area contributed by atoms with Crippen LogP contribution in [-0.4, -0.2) is 14.7 Å². The monoisotopic (exact) mass is 271 g/mol. The molecule has 2 aromatic carbocycles. The summed E-state index contributed by atoms with van der Waals surface area (Å²) in [5.41, 5.74) is 8.10. The van der Waals surface area contributed by atoms with Crippen molar-refractivity contribution in [3.63, 3.8) is 0 Å². The van der Waals surface area contributed by atoms with Gasteiger partial charge in [-0.05, 0) is 37.3 Å². The first kappa shape index (κ1) is 12.5. The standard InChI is InChI=1S/C15H14FN3O/c1-2-19-13-7-9(16)3-6-12(13)18-15(19)11-5-4-10(17)8-14(11)20/h3-8,20H,2,17H2,1H3. The molecule has 1 heterocycles. The summed E-state index contributed by atoms with van der Waals surface area (Å²) in [6.07, 6.45) is 0. The zero-order valence-electron chi connectivity index (χ0n) is 11.0. The predicted octanol–water partition coefficient (Wildman–Crippen LogP) is 3.15. The quantitative estimate of drug-likeness (QED) is 0.704. The fraction of sp³-hybridized carbons (Fsp3) is 0.133. The Hall–Kier alpha value is -2.56. The van der Waals surface area contributed by atoms with Gasteiger partial charge in [-0.15, -0.1) is 0 Å². The normalized spacial score (nSPS) is 11.1. The lowest BCUT2D eigenvalue weighted by Gasteiger charge is -2.08. The van der Waals surface area contributed by atoms with E-state index in [2.05, 4.69) is 4.98 Å². The number of phenolic OH excluding ortho intramolecular Hbond substituents is 1. The minimum absolute atomic E-state index is 0.0653. The van der Waals surface area contributed by atoms with Crippen LogP contribution in [0.1, 0.15) is 6.92 Å². The maximum atomic E-state index is 13.4. The van der Waals surface area contributed by atoms with Crippen LogP contribution in [0.25, 0.3) is 22.4 Å². The van der Waals surface area contributed by atoms with Crippen molar-refractivity contribution in [2.24, 2.45) is 0 Å². The molecule has 3 N–H and O–H groups in total. The SMILES string of the molecule is CCn1c(-c2ccc(N)cc2O)nc2ccc(F)cc21. The molecular weight excluding hydrogens is 257 g/mol. The highest BCUT2D eigenvalue weighted by molar-refractivity contribution is 5.82. The number of aryl methyl sites for hydroxylation is 1. The Labute approximate surface area is 115 Å². The number of nitrogen functional groups attached to an aromatic ring is 1. The molecule has 102 valence electrons. The van der Waals surface area contributed by atoms with E-state index in [4.69, 9.17) is 5.73 Å². The van der Waals surface area contributed by atoms with E-state index in [9.17, 15) is 9.50 Å². The lowest BCUT2D eigenvalue weighted by Crippen LogP contribution is -1.98. The van der Waals surface area contributed by atoms with E-state index in [1.807, 2.05) is 11.5 Å². The molecule has 0 fully saturated rings. The second kappa shape index (κ2) is 4.52. The molecule has 0 spiro atoms. The van der Waals surface area contributed by atoms with Crippen molar-refractivity contribution in [1.82, 2.24) is 9.55 Å². The van der Waals surface area contributed by atoms with E-state index >= 15 is 0 Å². The Morgan fingerprint density at radius 2 is 2.05 bits per heavy atom. The average Bonchev–Trinajstić information content (AvgIpc) is 2.76. The number of halogens is 1. The van der Waals surface area contributed by atoms with Crippen LogP contribution in [0.5, 0.6) is 5.75 Å². The number of benzene rings is 2. The summed E-state index contributed by atoms with van der Waals surface area (Å²) in [6.45, 7) is 2.57. The summed E-state index contributed by atoms with van der Waals surface area (Å²) < 4.78 is 15.3. The molecule has 0 bridgehead atoms. The molecule has 3 rings (SSSR count). The van der Waals surface area contributed by atoms with Gasteiger partial charge in [0.15, 0.2) is 0 Å². The van der Waals surface area contributed by atoms with Gasteiger partial charge in [0.2, 0.25) is 0 Å². The zero-order chi connectivity index (χ0) is 14.3. The van der Waals surface area contributed by atoms with E-state index in [-0.39, 0.29) is 11.6 Å². The summed E-state index contributed by atoms with van der Waals surface area (Å²) in [7, 11) is 0. The molecule has 0 aliphatic rings. The van der Waals surface area contributed by atoms with Gasteiger partial charge in [-0.1, -0.05) is 0 Å². The number of hydrogen-bond donors (Lipinski definition) is 2. The highest BCUT2D eigenvalue weighted by Gasteiger charge is 2.15. The van der Waals surface area contributed by atoms with Gasteiger partial charge in [0.25, 0.3) is 0 Å². The van der Waals surface area contributed by atoms with Gasteiger partial charge in [0.1, 0.15) is 17.4 Å². The molecule has 0 unspecified atom stereocenters. The molecule has 1 aromatic heterocycles. The molecule has 0 aliphatic carbocycles. The van der Waals surface area contributed by atoms with Gasteiger partial charge in [0, 0.05) is 18.3 Å². The van der Waals surface area contributed by atoms with Crippen molar-refractivity contribution in [2.45, 2.75) is 13.5 Å². The second-order valence-electron chi connectivity index (χ2n) is 4.59. The van der Waals surface area contributed by atoms with Gasteiger partial charge >= 0.3 is 0 Å². The topological polar surface area (TPSA) is 64.1 Å². The molecule has 0 saturated carbocycles. The number of imidazole rings is 1. The fourth-order valence-electron chi connectivity index (χ4n) is 2.36. The first-order valence-electron chi connectivity index (χ1n) is 6.35. The number of nitrogens with two attached hydrogens (primary N) is 1. The summed E-state index contributed by atoms with van der Waals surface area (Å²) in [6, 6.07) is 9.36. The third-order valence-electron chi connectivity index (χ3n) is 3.29. The number of aromatic hydroxyl groups is 1. The number of nitrogens with zero attached hydrogens (tertiary/aromatic N) is 2. The molecule has 20 heavy (non-hydrogen) atoms. The fourth-order valence-corrected chi connectivity index (χ4v) is 2.36. The number of rotatable bonds is 2. The molecule has 5 heteroatoms. The smallest absolute Gasteiger partial charge is 0.144 e. The lowest BCUT2D eigenvalue weighted by atomic mass is 10.1. The lowest BCUT2D eigenvalue weighted by molar-refractivity contribution is 0.477. The first-order valence-corrected chi connectivity index (χ1v) is 6.35. The summed E-state index contributed by atoms with van der Waals surface area (Å²) in [4.78, 5) is 4.48. The number of phenols is 1. The summed E-state index contributed by atoms with van der Waals surface area (Å²) in [5.74, 6) is 0.362. The van der Waals surface area contributed by atoms with E-state index in [0.717, 1.165) is 0 Å². The van der Waals surface area contributed by atoms with Crippen molar-refractivity contribution in [2.75, 3.05) is 5.73 Å². The Kier molecular flexibility index (Phi) is 2.82. The van der Waals surface area contributed by atoms with E-state index in [1.54, 1.807) is 18.2 Å². The van der Waals surface area contributed by atoms with Crippen LogP contribution in [-0.2, 0) is 6.54 Å². The van der Waals surface area contributed by atoms with E-state index < -0.39 is 0 Å². The summed E-state index contributed by atoms with van der Waals surface area (Å²) in [5, 5.41) is 10.0. The number of fused-ring (bicyclic) bond motifs is 1. The predicted molar refractivity (Wildman–Crippen MR) is 76.9 cm³/mol. The number of anilines is 1. The minimum Gasteiger partial charge on any atom is -0.507 e. The van der Waals surface area contributed by atoms with Crippen LogP contribution in [0.3, 0.4) is 0 Å². The molecule has 3 aromatic rings. The Balaban J connectivity index is 2.30. The second-order valence-corrected chi connectivity index (χ2v) is 4.59. The first-order chi connectivity index (χ1) is 9.60. The van der Waals surface area contributed by atoms with Crippen LogP contribution < -0.4 is 5.73 Å². The van der Waals surface area contributed by atoms with Crippen LogP contribution in [0.2, 0.25) is 0 Å². The van der Waals surface area contributed by atoms with Crippen LogP contribution in [0.15, 0.2) is 36.4 Å². The minimum atomic E-state index is -0.305. The van der Waals surface area contributed by atoms with Gasteiger partial charge in [0.05, 0.1) is 16.6 Å². The Morgan fingerprint density at radius 1 is 1.25 bits per heavy atom. The third kappa shape index (κ3) is 1.87. The molecule has 4 nitrogen and oxygen atoms in total. The number of hydrogen-bond acceptors (Lipinski definition) is 3. The highest BCUT2D eigenvalue weighted by atomic mass is 19.1. The van der Waals surface area contributed by atoms with Crippen LogP contribution in [0.4, 0.5) is 10.1 Å². The van der Waals surface area contributed by atoms with E-state index in [0.29, 0.717) is 34.7 Å². The van der Waals surface area contributed by atoms with Crippen molar-refractivity contribution in [3.8, 4) is 17.1 Å². The Morgan fingerprint density at radius 3 is 2.75 bits per heavy atom. The van der Waals surface area contributed by atoms with Gasteiger partial charge in [-0.2, -0.15) is 0 Å². The summed E-state index contributed by atoms with van der Waals surface area (Å²) >= 11 is 0. The molecule has 0 radical (unpaired) electrons. The molecular formula is C15H14FN3O. The van der Waals surface area contributed by atoms with Gasteiger partial charge < -0.3 is 15.4 Å².